The third kappa shape index (κ3) is 4.52. The summed E-state index contributed by atoms with van der Waals surface area (Å²) in [6.07, 6.45) is 5.56. The number of ether oxygens (including phenoxy) is 1. The lowest BCUT2D eigenvalue weighted by atomic mass is 9.96. The van der Waals surface area contributed by atoms with Crippen molar-refractivity contribution in [1.82, 2.24) is 14.8 Å². The van der Waals surface area contributed by atoms with Crippen LogP contribution in [0.15, 0.2) is 12.7 Å². The first-order valence-corrected chi connectivity index (χ1v) is 5.85. The molecule has 1 aromatic heterocycles. The zero-order valence-electron chi connectivity index (χ0n) is 10.4. The Morgan fingerprint density at radius 2 is 2.29 bits per heavy atom. The smallest absolute Gasteiger partial charge is 0.325 e. The van der Waals surface area contributed by atoms with E-state index >= 15 is 0 Å². The van der Waals surface area contributed by atoms with E-state index in [4.69, 9.17) is 10.5 Å². The normalized spacial score (nSPS) is 14.3. The van der Waals surface area contributed by atoms with Crippen molar-refractivity contribution in [3.63, 3.8) is 0 Å². The number of nitrogens with zero attached hydrogens (tertiary/aromatic N) is 3. The molecule has 0 aromatic carbocycles. The number of nitrogens with two attached hydrogens (primary N) is 1. The Balaban J connectivity index is 2.23. The Hall–Kier alpha value is -1.43. The van der Waals surface area contributed by atoms with Crippen LogP contribution in [-0.4, -0.2) is 32.9 Å². The van der Waals surface area contributed by atoms with Crippen molar-refractivity contribution >= 4 is 5.97 Å². The largest absolute Gasteiger partial charge is 0.465 e. The highest BCUT2D eigenvalue weighted by Gasteiger charge is 2.28. The molecule has 1 aromatic rings. The zero-order valence-corrected chi connectivity index (χ0v) is 10.4. The van der Waals surface area contributed by atoms with Crippen molar-refractivity contribution in [2.45, 2.75) is 45.2 Å². The number of hydrogen-bond acceptors (Lipinski definition) is 5. The first-order valence-electron chi connectivity index (χ1n) is 5.85. The van der Waals surface area contributed by atoms with E-state index < -0.39 is 5.54 Å². The first kappa shape index (κ1) is 13.6. The third-order valence-electron chi connectivity index (χ3n) is 2.54. The molecule has 0 saturated carbocycles. The van der Waals surface area contributed by atoms with Crippen molar-refractivity contribution in [2.24, 2.45) is 5.73 Å². The lowest BCUT2D eigenvalue weighted by molar-refractivity contribution is -0.149. The fourth-order valence-corrected chi connectivity index (χ4v) is 1.51. The molecule has 0 bridgehead atoms. The molecule has 1 heterocycles. The van der Waals surface area contributed by atoms with Crippen LogP contribution < -0.4 is 5.73 Å². The second kappa shape index (κ2) is 6.34. The van der Waals surface area contributed by atoms with Crippen LogP contribution in [0.1, 0.15) is 33.1 Å². The van der Waals surface area contributed by atoms with Gasteiger partial charge in [-0.15, -0.1) is 0 Å². The Morgan fingerprint density at radius 3 is 2.88 bits per heavy atom. The second-order valence-corrected chi connectivity index (χ2v) is 4.25. The quantitative estimate of drug-likeness (QED) is 0.561. The van der Waals surface area contributed by atoms with E-state index in [-0.39, 0.29) is 5.97 Å². The maximum atomic E-state index is 11.5. The van der Waals surface area contributed by atoms with Crippen LogP contribution in [0, 0.1) is 0 Å². The minimum Gasteiger partial charge on any atom is -0.465 e. The van der Waals surface area contributed by atoms with Gasteiger partial charge in [-0.1, -0.05) is 0 Å². The zero-order chi connectivity index (χ0) is 12.7. The number of aromatic nitrogens is 3. The van der Waals surface area contributed by atoms with Crippen molar-refractivity contribution < 1.29 is 9.53 Å². The molecule has 0 aliphatic carbocycles. The fraction of sp³-hybridized carbons (Fsp3) is 0.727. The predicted octanol–water partition coefficient (Wildman–Crippen LogP) is 0.729. The molecule has 0 amide bonds. The van der Waals surface area contributed by atoms with E-state index in [9.17, 15) is 4.79 Å². The van der Waals surface area contributed by atoms with Gasteiger partial charge >= 0.3 is 5.97 Å². The number of rotatable bonds is 7. The van der Waals surface area contributed by atoms with Crippen LogP contribution in [0.3, 0.4) is 0 Å². The van der Waals surface area contributed by atoms with Crippen LogP contribution in [0.25, 0.3) is 0 Å². The summed E-state index contributed by atoms with van der Waals surface area (Å²) in [7, 11) is 0. The summed E-state index contributed by atoms with van der Waals surface area (Å²) < 4.78 is 6.68. The summed E-state index contributed by atoms with van der Waals surface area (Å²) in [5.41, 5.74) is 5.01. The molecule has 1 atom stereocenters. The summed E-state index contributed by atoms with van der Waals surface area (Å²) in [6.45, 7) is 4.64. The number of hydrogen-bond donors (Lipinski definition) is 1. The minimum absolute atomic E-state index is 0.333. The van der Waals surface area contributed by atoms with Crippen LogP contribution in [-0.2, 0) is 16.1 Å². The number of esters is 1. The summed E-state index contributed by atoms with van der Waals surface area (Å²) in [5.74, 6) is -0.333. The molecule has 0 aliphatic heterocycles. The molecule has 96 valence electrons. The highest BCUT2D eigenvalue weighted by atomic mass is 16.5. The molecule has 17 heavy (non-hydrogen) atoms. The molecule has 0 fully saturated rings. The van der Waals surface area contributed by atoms with E-state index in [1.807, 2.05) is 0 Å². The van der Waals surface area contributed by atoms with Gasteiger partial charge in [-0.3, -0.25) is 9.48 Å². The van der Waals surface area contributed by atoms with Crippen molar-refractivity contribution in [3.05, 3.63) is 12.7 Å². The molecular weight excluding hydrogens is 220 g/mol. The number of carbonyl (C=O) groups excluding carboxylic acids is 1. The number of carbonyl (C=O) groups is 1. The van der Waals surface area contributed by atoms with Gasteiger partial charge in [-0.05, 0) is 33.1 Å². The van der Waals surface area contributed by atoms with Crippen molar-refractivity contribution in [1.29, 1.82) is 0 Å². The van der Waals surface area contributed by atoms with E-state index in [0.717, 1.165) is 19.4 Å². The maximum Gasteiger partial charge on any atom is 0.325 e. The predicted molar refractivity (Wildman–Crippen MR) is 63.1 cm³/mol. The monoisotopic (exact) mass is 240 g/mol. The van der Waals surface area contributed by atoms with Gasteiger partial charge in [0.2, 0.25) is 0 Å². The highest BCUT2D eigenvalue weighted by Crippen LogP contribution is 2.13. The Bertz CT molecular complexity index is 335. The second-order valence-electron chi connectivity index (χ2n) is 4.25. The van der Waals surface area contributed by atoms with E-state index in [0.29, 0.717) is 13.0 Å². The van der Waals surface area contributed by atoms with E-state index in [2.05, 4.69) is 10.1 Å². The summed E-state index contributed by atoms with van der Waals surface area (Å²) in [5, 5.41) is 4.00. The van der Waals surface area contributed by atoms with E-state index in [1.165, 1.54) is 6.33 Å². The van der Waals surface area contributed by atoms with Gasteiger partial charge in [0.25, 0.3) is 0 Å². The van der Waals surface area contributed by atoms with Crippen molar-refractivity contribution in [3.8, 4) is 0 Å². The standard InChI is InChI=1S/C11H20N4O2/c1-3-17-10(16)11(2,12)6-4-5-7-15-9-13-8-14-15/h8-9H,3-7,12H2,1-2H3. The molecule has 6 heteroatoms. The topological polar surface area (TPSA) is 83.0 Å². The molecule has 6 nitrogen and oxygen atoms in total. The molecule has 1 rings (SSSR count). The maximum absolute atomic E-state index is 11.5. The van der Waals surface area contributed by atoms with Crippen molar-refractivity contribution in [2.75, 3.05) is 6.61 Å². The van der Waals surface area contributed by atoms with Gasteiger partial charge in [0.05, 0.1) is 6.61 Å². The number of aryl methyl sites for hydroxylation is 1. The first-order chi connectivity index (χ1) is 8.06. The van der Waals surface area contributed by atoms with Gasteiger partial charge in [-0.25, -0.2) is 4.98 Å². The lowest BCUT2D eigenvalue weighted by Gasteiger charge is -2.21. The lowest BCUT2D eigenvalue weighted by Crippen LogP contribution is -2.46. The molecule has 0 aliphatic rings. The van der Waals surface area contributed by atoms with Crippen LogP contribution in [0.4, 0.5) is 0 Å². The van der Waals surface area contributed by atoms with Gasteiger partial charge in [0.1, 0.15) is 18.2 Å². The van der Waals surface area contributed by atoms with Crippen LogP contribution >= 0.6 is 0 Å². The van der Waals surface area contributed by atoms with Gasteiger partial charge in [0.15, 0.2) is 0 Å². The van der Waals surface area contributed by atoms with Gasteiger partial charge in [-0.2, -0.15) is 5.10 Å². The van der Waals surface area contributed by atoms with Gasteiger partial charge in [0, 0.05) is 6.54 Å². The molecular formula is C11H20N4O2. The average Bonchev–Trinajstić information content (AvgIpc) is 2.77. The summed E-state index contributed by atoms with van der Waals surface area (Å²) in [4.78, 5) is 15.4. The Kier molecular flexibility index (Phi) is 5.09. The number of unbranched alkanes of at least 4 members (excludes halogenated alkanes) is 1. The molecule has 2 N–H and O–H groups in total. The molecule has 0 spiro atoms. The summed E-state index contributed by atoms with van der Waals surface area (Å²) in [6, 6.07) is 0. The Labute approximate surface area is 101 Å². The Morgan fingerprint density at radius 1 is 1.53 bits per heavy atom. The highest BCUT2D eigenvalue weighted by molar-refractivity contribution is 5.79. The van der Waals surface area contributed by atoms with Gasteiger partial charge < -0.3 is 10.5 Å². The molecule has 0 radical (unpaired) electrons. The SMILES string of the molecule is CCOC(=O)C(C)(N)CCCCn1cncn1. The van der Waals surface area contributed by atoms with Crippen LogP contribution in [0.5, 0.6) is 0 Å². The fourth-order valence-electron chi connectivity index (χ4n) is 1.51. The molecule has 1 unspecified atom stereocenters. The third-order valence-corrected chi connectivity index (χ3v) is 2.54. The van der Waals surface area contributed by atoms with Crippen LogP contribution in [0.2, 0.25) is 0 Å². The average molecular weight is 240 g/mol. The minimum atomic E-state index is -0.890. The molecule has 0 saturated heterocycles. The summed E-state index contributed by atoms with van der Waals surface area (Å²) >= 11 is 0. The van der Waals surface area contributed by atoms with E-state index in [1.54, 1.807) is 24.9 Å².